The first-order valence-electron chi connectivity index (χ1n) is 11.4. The van der Waals surface area contributed by atoms with Gasteiger partial charge in [-0.2, -0.15) is 0 Å². The molecule has 0 spiro atoms. The van der Waals surface area contributed by atoms with Crippen LogP contribution in [-0.2, 0) is 9.53 Å². The minimum Gasteiger partial charge on any atom is -0.379 e. The Morgan fingerprint density at radius 1 is 1.19 bits per heavy atom. The van der Waals surface area contributed by atoms with Gasteiger partial charge in [0, 0.05) is 46.2 Å². The zero-order valence-electron chi connectivity index (χ0n) is 19.2. The van der Waals surface area contributed by atoms with E-state index < -0.39 is 0 Å². The monoisotopic (exact) mass is 561 g/mol. The molecule has 9 heteroatoms. The standard InChI is InChI=1S/C23H36FN5O2.HI/c1-3-26-23(29-10-8-18(9-11-29)16-22(30)25-2)27-17-21(28-12-14-31-15-13-28)19-4-6-20(24)7-5-19;/h4-7,18,21H,3,8-17H2,1-2H3,(H,25,30)(H,26,27);1H. The molecule has 1 aromatic carbocycles. The van der Waals surface area contributed by atoms with Crippen molar-refractivity contribution in [2.45, 2.75) is 32.2 Å². The number of hydrogen-bond acceptors (Lipinski definition) is 4. The van der Waals surface area contributed by atoms with Gasteiger partial charge in [-0.15, -0.1) is 24.0 Å². The summed E-state index contributed by atoms with van der Waals surface area (Å²) in [5.41, 5.74) is 1.08. The maximum Gasteiger partial charge on any atom is 0.220 e. The Bertz CT molecular complexity index is 720. The first-order chi connectivity index (χ1) is 15.1. The van der Waals surface area contributed by atoms with Crippen LogP contribution in [0.2, 0.25) is 0 Å². The minimum absolute atomic E-state index is 0. The Morgan fingerprint density at radius 2 is 1.84 bits per heavy atom. The van der Waals surface area contributed by atoms with E-state index in [1.165, 1.54) is 12.1 Å². The van der Waals surface area contributed by atoms with E-state index in [0.717, 1.165) is 57.1 Å². The zero-order valence-corrected chi connectivity index (χ0v) is 21.5. The average Bonchev–Trinajstić information content (AvgIpc) is 2.81. The van der Waals surface area contributed by atoms with Crippen molar-refractivity contribution in [1.29, 1.82) is 0 Å². The van der Waals surface area contributed by atoms with Crippen molar-refractivity contribution in [2.75, 3.05) is 59.5 Å². The predicted octanol–water partition coefficient (Wildman–Crippen LogP) is 2.63. The average molecular weight is 561 g/mol. The second-order valence-electron chi connectivity index (χ2n) is 8.22. The normalized spacial score (nSPS) is 19.2. The number of rotatable bonds is 7. The highest BCUT2D eigenvalue weighted by molar-refractivity contribution is 14.0. The van der Waals surface area contributed by atoms with Crippen LogP contribution in [0, 0.1) is 11.7 Å². The SMILES string of the molecule is CCNC(=NCC(c1ccc(F)cc1)N1CCOCC1)N1CCC(CC(=O)NC)CC1.I. The van der Waals surface area contributed by atoms with Gasteiger partial charge in [-0.1, -0.05) is 12.1 Å². The topological polar surface area (TPSA) is 69.2 Å². The molecule has 1 atom stereocenters. The molecule has 180 valence electrons. The summed E-state index contributed by atoms with van der Waals surface area (Å²) in [6.07, 6.45) is 2.58. The maximum absolute atomic E-state index is 13.5. The molecule has 7 nitrogen and oxygen atoms in total. The van der Waals surface area contributed by atoms with E-state index in [1.54, 1.807) is 7.05 Å². The number of halogens is 2. The van der Waals surface area contributed by atoms with Crippen LogP contribution >= 0.6 is 24.0 Å². The Morgan fingerprint density at radius 3 is 2.44 bits per heavy atom. The Hall–Kier alpha value is -1.46. The number of piperidine rings is 1. The molecule has 1 amide bonds. The summed E-state index contributed by atoms with van der Waals surface area (Å²) in [4.78, 5) is 21.3. The number of morpholine rings is 1. The molecule has 0 aliphatic carbocycles. The lowest BCUT2D eigenvalue weighted by atomic mass is 9.93. The maximum atomic E-state index is 13.5. The van der Waals surface area contributed by atoms with Gasteiger partial charge in [0.2, 0.25) is 5.91 Å². The van der Waals surface area contributed by atoms with Gasteiger partial charge in [0.05, 0.1) is 25.8 Å². The molecule has 2 fully saturated rings. The molecule has 2 saturated heterocycles. The molecule has 0 bridgehead atoms. The van der Waals surface area contributed by atoms with Gasteiger partial charge in [0.15, 0.2) is 5.96 Å². The van der Waals surface area contributed by atoms with Crippen LogP contribution < -0.4 is 10.6 Å². The van der Waals surface area contributed by atoms with E-state index in [2.05, 4.69) is 27.4 Å². The molecule has 2 heterocycles. The van der Waals surface area contributed by atoms with Gasteiger partial charge in [0.25, 0.3) is 0 Å². The Balaban J connectivity index is 0.00000363. The third-order valence-electron chi connectivity index (χ3n) is 6.16. The molecular formula is C23H37FIN5O2. The van der Waals surface area contributed by atoms with Crippen molar-refractivity contribution in [3.8, 4) is 0 Å². The number of benzene rings is 1. The first-order valence-corrected chi connectivity index (χ1v) is 11.4. The van der Waals surface area contributed by atoms with Gasteiger partial charge >= 0.3 is 0 Å². The summed E-state index contributed by atoms with van der Waals surface area (Å²) in [7, 11) is 1.69. The van der Waals surface area contributed by atoms with E-state index >= 15 is 0 Å². The largest absolute Gasteiger partial charge is 0.379 e. The van der Waals surface area contributed by atoms with E-state index in [9.17, 15) is 9.18 Å². The number of ether oxygens (including phenoxy) is 1. The fourth-order valence-corrected chi connectivity index (χ4v) is 4.32. The fourth-order valence-electron chi connectivity index (χ4n) is 4.32. The number of aliphatic imine (C=N–C) groups is 1. The molecule has 32 heavy (non-hydrogen) atoms. The van der Waals surface area contributed by atoms with Crippen molar-refractivity contribution in [3.63, 3.8) is 0 Å². The lowest BCUT2D eigenvalue weighted by Gasteiger charge is -2.36. The van der Waals surface area contributed by atoms with E-state index in [-0.39, 0.29) is 41.7 Å². The highest BCUT2D eigenvalue weighted by Crippen LogP contribution is 2.24. The number of guanidine groups is 1. The minimum atomic E-state index is -0.221. The van der Waals surface area contributed by atoms with E-state index in [4.69, 9.17) is 9.73 Å². The summed E-state index contributed by atoms with van der Waals surface area (Å²) in [5, 5.41) is 6.16. The van der Waals surface area contributed by atoms with Crippen LogP contribution in [0.3, 0.4) is 0 Å². The molecule has 2 aliphatic rings. The molecule has 3 rings (SSSR count). The smallest absolute Gasteiger partial charge is 0.220 e. The molecule has 0 aromatic heterocycles. The van der Waals surface area contributed by atoms with Crippen LogP contribution in [0.4, 0.5) is 4.39 Å². The highest BCUT2D eigenvalue weighted by Gasteiger charge is 2.25. The van der Waals surface area contributed by atoms with Crippen LogP contribution in [-0.4, -0.2) is 81.2 Å². The van der Waals surface area contributed by atoms with Crippen molar-refractivity contribution in [2.24, 2.45) is 10.9 Å². The van der Waals surface area contributed by atoms with Gasteiger partial charge in [-0.25, -0.2) is 4.39 Å². The van der Waals surface area contributed by atoms with Gasteiger partial charge in [0.1, 0.15) is 5.82 Å². The molecule has 2 aliphatic heterocycles. The summed E-state index contributed by atoms with van der Waals surface area (Å²) in [5.74, 6) is 1.24. The third kappa shape index (κ3) is 7.84. The van der Waals surface area contributed by atoms with Crippen LogP contribution in [0.15, 0.2) is 29.3 Å². The number of nitrogens with one attached hydrogen (secondary N) is 2. The van der Waals surface area contributed by atoms with Crippen LogP contribution in [0.5, 0.6) is 0 Å². The van der Waals surface area contributed by atoms with Crippen molar-refractivity contribution in [3.05, 3.63) is 35.6 Å². The number of nitrogens with zero attached hydrogens (tertiary/aromatic N) is 3. The second-order valence-corrected chi connectivity index (χ2v) is 8.22. The highest BCUT2D eigenvalue weighted by atomic mass is 127. The predicted molar refractivity (Wildman–Crippen MR) is 136 cm³/mol. The molecule has 0 radical (unpaired) electrons. The molecule has 0 saturated carbocycles. The van der Waals surface area contributed by atoms with Gasteiger partial charge < -0.3 is 20.3 Å². The quantitative estimate of drug-likeness (QED) is 0.305. The number of likely N-dealkylation sites (tertiary alicyclic amines) is 1. The molecule has 1 aromatic rings. The molecule has 2 N–H and O–H groups in total. The number of carbonyl (C=O) groups excluding carboxylic acids is 1. The Labute approximate surface area is 208 Å². The third-order valence-corrected chi connectivity index (χ3v) is 6.16. The zero-order chi connectivity index (χ0) is 22.1. The summed E-state index contributed by atoms with van der Waals surface area (Å²) < 4.78 is 19.0. The van der Waals surface area contributed by atoms with Crippen LogP contribution in [0.1, 0.15) is 37.8 Å². The van der Waals surface area contributed by atoms with Crippen LogP contribution in [0.25, 0.3) is 0 Å². The van der Waals surface area contributed by atoms with Crippen molar-refractivity contribution in [1.82, 2.24) is 20.4 Å². The summed E-state index contributed by atoms with van der Waals surface area (Å²) in [6.45, 7) is 8.38. The van der Waals surface area contributed by atoms with Crippen molar-refractivity contribution >= 4 is 35.8 Å². The Kier molecular flexibility index (Phi) is 11.7. The second kappa shape index (κ2) is 13.9. The molecular weight excluding hydrogens is 524 g/mol. The fraction of sp³-hybridized carbons (Fsp3) is 0.652. The van der Waals surface area contributed by atoms with Gasteiger partial charge in [-0.3, -0.25) is 14.7 Å². The summed E-state index contributed by atoms with van der Waals surface area (Å²) >= 11 is 0. The van der Waals surface area contributed by atoms with E-state index in [1.807, 2.05) is 12.1 Å². The molecule has 1 unspecified atom stereocenters. The number of amides is 1. The van der Waals surface area contributed by atoms with Gasteiger partial charge in [-0.05, 0) is 43.4 Å². The van der Waals surface area contributed by atoms with Crippen molar-refractivity contribution < 1.29 is 13.9 Å². The first kappa shape index (κ1) is 26.8. The lowest BCUT2D eigenvalue weighted by Crippen LogP contribution is -2.46. The summed E-state index contributed by atoms with van der Waals surface area (Å²) in [6, 6.07) is 6.86. The van der Waals surface area contributed by atoms with E-state index in [0.29, 0.717) is 32.1 Å². The lowest BCUT2D eigenvalue weighted by molar-refractivity contribution is -0.121. The number of hydrogen-bond donors (Lipinski definition) is 2. The number of carbonyl (C=O) groups is 1.